The van der Waals surface area contributed by atoms with Crippen LogP contribution in [0.2, 0.25) is 0 Å². The van der Waals surface area contributed by atoms with E-state index in [2.05, 4.69) is 9.71 Å². The second-order valence-corrected chi connectivity index (χ2v) is 6.73. The Bertz CT molecular complexity index is 477. The zero-order valence-electron chi connectivity index (χ0n) is 9.63. The third kappa shape index (κ3) is 3.20. The van der Waals surface area contributed by atoms with Gasteiger partial charge in [0, 0.05) is 24.7 Å². The van der Waals surface area contributed by atoms with Crippen molar-refractivity contribution in [1.82, 2.24) is 14.3 Å². The number of rotatable bonds is 3. The van der Waals surface area contributed by atoms with Crippen LogP contribution in [0.1, 0.15) is 25.7 Å². The molecule has 0 bridgehead atoms. The van der Waals surface area contributed by atoms with Gasteiger partial charge < -0.3 is 4.57 Å². The number of hydrogen-bond acceptors (Lipinski definition) is 3. The Morgan fingerprint density at radius 2 is 2.06 bits per heavy atom. The van der Waals surface area contributed by atoms with Crippen LogP contribution in [0.4, 0.5) is 0 Å². The van der Waals surface area contributed by atoms with E-state index >= 15 is 0 Å². The number of hydrogen-bond donors (Lipinski definition) is 1. The molecule has 1 heterocycles. The van der Waals surface area contributed by atoms with Crippen molar-refractivity contribution in [3.05, 3.63) is 12.5 Å². The van der Waals surface area contributed by atoms with E-state index in [9.17, 15) is 8.42 Å². The molecule has 2 rings (SSSR count). The van der Waals surface area contributed by atoms with E-state index in [0.717, 1.165) is 25.7 Å². The van der Waals surface area contributed by atoms with Crippen molar-refractivity contribution in [3.8, 4) is 0 Å². The standard InChI is InChI=1S/C10H16ClN3O2S/c1-14-6-10(12-7-14)17(15,16)13-9-4-2-8(11)3-5-9/h6-9,13H,2-5H2,1H3. The van der Waals surface area contributed by atoms with Gasteiger partial charge in [0.15, 0.2) is 5.03 Å². The predicted molar refractivity (Wildman–Crippen MR) is 65.4 cm³/mol. The number of nitrogens with zero attached hydrogens (tertiary/aromatic N) is 2. The second-order valence-electron chi connectivity index (χ2n) is 4.45. The highest BCUT2D eigenvalue weighted by Gasteiger charge is 2.25. The fraction of sp³-hybridized carbons (Fsp3) is 0.700. The Morgan fingerprint density at radius 3 is 2.59 bits per heavy atom. The molecule has 96 valence electrons. The molecule has 0 saturated heterocycles. The smallest absolute Gasteiger partial charge is 0.259 e. The molecule has 5 nitrogen and oxygen atoms in total. The molecule has 17 heavy (non-hydrogen) atoms. The largest absolute Gasteiger partial charge is 0.339 e. The highest BCUT2D eigenvalue weighted by molar-refractivity contribution is 7.89. The average molecular weight is 278 g/mol. The molecule has 0 aromatic carbocycles. The van der Waals surface area contributed by atoms with E-state index in [1.54, 1.807) is 11.6 Å². The van der Waals surface area contributed by atoms with Gasteiger partial charge in [-0.15, -0.1) is 11.6 Å². The molecule has 0 spiro atoms. The van der Waals surface area contributed by atoms with Crippen LogP contribution in [0.25, 0.3) is 0 Å². The summed E-state index contributed by atoms with van der Waals surface area (Å²) in [7, 11) is -1.74. The van der Waals surface area contributed by atoms with Gasteiger partial charge in [-0.2, -0.15) is 0 Å². The highest BCUT2D eigenvalue weighted by atomic mass is 35.5. The van der Waals surface area contributed by atoms with Crippen molar-refractivity contribution in [1.29, 1.82) is 0 Å². The molecule has 0 amide bonds. The number of nitrogens with one attached hydrogen (secondary N) is 1. The van der Waals surface area contributed by atoms with E-state index in [0.29, 0.717) is 0 Å². The lowest BCUT2D eigenvalue weighted by molar-refractivity contribution is 0.416. The SMILES string of the molecule is Cn1cnc(S(=O)(=O)NC2CCC(Cl)CC2)c1. The quantitative estimate of drug-likeness (QED) is 0.846. The van der Waals surface area contributed by atoms with Crippen molar-refractivity contribution >= 4 is 21.6 Å². The second kappa shape index (κ2) is 4.96. The van der Waals surface area contributed by atoms with Gasteiger partial charge in [0.05, 0.1) is 6.33 Å². The van der Waals surface area contributed by atoms with E-state index in [1.165, 1.54) is 12.5 Å². The average Bonchev–Trinajstić information content (AvgIpc) is 2.69. The molecular formula is C10H16ClN3O2S. The fourth-order valence-electron chi connectivity index (χ4n) is 1.98. The molecule has 1 fully saturated rings. The molecule has 1 aliphatic carbocycles. The first-order chi connectivity index (χ1) is 7.97. The number of sulfonamides is 1. The molecule has 1 N–H and O–H groups in total. The summed E-state index contributed by atoms with van der Waals surface area (Å²) in [5, 5.41) is 0.263. The Hall–Kier alpha value is -0.590. The van der Waals surface area contributed by atoms with Crippen molar-refractivity contribution in [2.45, 2.75) is 42.1 Å². The van der Waals surface area contributed by atoms with E-state index in [-0.39, 0.29) is 16.4 Å². The fourth-order valence-corrected chi connectivity index (χ4v) is 3.52. The van der Waals surface area contributed by atoms with E-state index in [4.69, 9.17) is 11.6 Å². The first kappa shape index (κ1) is 12.9. The van der Waals surface area contributed by atoms with Crippen molar-refractivity contribution in [2.75, 3.05) is 0 Å². The van der Waals surface area contributed by atoms with Gasteiger partial charge in [0.1, 0.15) is 0 Å². The van der Waals surface area contributed by atoms with Crippen molar-refractivity contribution < 1.29 is 8.42 Å². The summed E-state index contributed by atoms with van der Waals surface area (Å²) in [5.41, 5.74) is 0. The summed E-state index contributed by atoms with van der Waals surface area (Å²) in [5.74, 6) is 0. The summed E-state index contributed by atoms with van der Waals surface area (Å²) >= 11 is 5.98. The molecule has 0 aliphatic heterocycles. The molecule has 1 saturated carbocycles. The zero-order chi connectivity index (χ0) is 12.5. The van der Waals surface area contributed by atoms with E-state index < -0.39 is 10.0 Å². The van der Waals surface area contributed by atoms with Crippen molar-refractivity contribution in [3.63, 3.8) is 0 Å². The van der Waals surface area contributed by atoms with Crippen LogP contribution in [-0.4, -0.2) is 29.4 Å². The lowest BCUT2D eigenvalue weighted by atomic mass is 9.96. The monoisotopic (exact) mass is 277 g/mol. The number of aryl methyl sites for hydroxylation is 1. The maximum atomic E-state index is 12.0. The lowest BCUT2D eigenvalue weighted by Crippen LogP contribution is -2.37. The van der Waals surface area contributed by atoms with Crippen LogP contribution in [0.5, 0.6) is 0 Å². The molecule has 1 aliphatic rings. The maximum absolute atomic E-state index is 12.0. The Balaban J connectivity index is 2.03. The minimum absolute atomic E-state index is 0.0167. The van der Waals surface area contributed by atoms with Gasteiger partial charge in [-0.1, -0.05) is 0 Å². The Kier molecular flexibility index (Phi) is 3.75. The van der Waals surface area contributed by atoms with Crippen LogP contribution in [0.3, 0.4) is 0 Å². The van der Waals surface area contributed by atoms with Gasteiger partial charge in [-0.25, -0.2) is 18.1 Å². The lowest BCUT2D eigenvalue weighted by Gasteiger charge is -2.25. The number of aromatic nitrogens is 2. The Labute approximate surface area is 106 Å². The number of alkyl halides is 1. The van der Waals surface area contributed by atoms with Gasteiger partial charge in [-0.3, -0.25) is 0 Å². The minimum Gasteiger partial charge on any atom is -0.339 e. The van der Waals surface area contributed by atoms with Gasteiger partial charge in [0.25, 0.3) is 10.0 Å². The summed E-state index contributed by atoms with van der Waals surface area (Å²) < 4.78 is 28.2. The molecule has 0 radical (unpaired) electrons. The molecule has 7 heteroatoms. The highest BCUT2D eigenvalue weighted by Crippen LogP contribution is 2.23. The summed E-state index contributed by atoms with van der Waals surface area (Å²) in [6.45, 7) is 0. The molecule has 1 aromatic rings. The first-order valence-electron chi connectivity index (χ1n) is 5.62. The summed E-state index contributed by atoms with van der Waals surface area (Å²) in [6.07, 6.45) is 6.27. The normalized spacial score (nSPS) is 26.0. The van der Waals surface area contributed by atoms with Crippen LogP contribution >= 0.6 is 11.6 Å². The minimum atomic E-state index is -3.48. The predicted octanol–water partition coefficient (Wildman–Crippen LogP) is 1.25. The topological polar surface area (TPSA) is 64.0 Å². The van der Waals surface area contributed by atoms with Gasteiger partial charge >= 0.3 is 0 Å². The molecule has 0 atom stereocenters. The molecule has 0 unspecified atom stereocenters. The summed E-state index contributed by atoms with van der Waals surface area (Å²) in [4.78, 5) is 3.85. The number of halogens is 1. The number of imidazole rings is 1. The molecular weight excluding hydrogens is 262 g/mol. The third-order valence-electron chi connectivity index (χ3n) is 2.94. The zero-order valence-corrected chi connectivity index (χ0v) is 11.2. The maximum Gasteiger partial charge on any atom is 0.259 e. The third-order valence-corrected chi connectivity index (χ3v) is 4.78. The van der Waals surface area contributed by atoms with Crippen LogP contribution in [0.15, 0.2) is 17.6 Å². The molecule has 1 aromatic heterocycles. The van der Waals surface area contributed by atoms with Crippen LogP contribution in [0, 0.1) is 0 Å². The first-order valence-corrected chi connectivity index (χ1v) is 7.54. The Morgan fingerprint density at radius 1 is 1.41 bits per heavy atom. The van der Waals surface area contributed by atoms with Gasteiger partial charge in [0.2, 0.25) is 0 Å². The van der Waals surface area contributed by atoms with E-state index in [1.807, 2.05) is 0 Å². The summed E-state index contributed by atoms with van der Waals surface area (Å²) in [6, 6.07) is -0.0167. The van der Waals surface area contributed by atoms with Crippen molar-refractivity contribution in [2.24, 2.45) is 7.05 Å². The van der Waals surface area contributed by atoms with Crippen LogP contribution < -0.4 is 4.72 Å². The van der Waals surface area contributed by atoms with Crippen LogP contribution in [-0.2, 0) is 17.1 Å². The van der Waals surface area contributed by atoms with Gasteiger partial charge in [-0.05, 0) is 25.7 Å².